The van der Waals surface area contributed by atoms with E-state index in [4.69, 9.17) is 0 Å². The van der Waals surface area contributed by atoms with Crippen molar-refractivity contribution in [2.45, 2.75) is 63.3 Å². The van der Waals surface area contributed by atoms with Crippen molar-refractivity contribution in [2.24, 2.45) is 17.8 Å². The third-order valence-corrected chi connectivity index (χ3v) is 5.58. The molecule has 3 saturated carbocycles. The molecule has 0 saturated heterocycles. The Balaban J connectivity index is 1.57. The van der Waals surface area contributed by atoms with Gasteiger partial charge in [-0.3, -0.25) is 4.79 Å². The Morgan fingerprint density at radius 1 is 1.16 bits per heavy atom. The number of nitrogens with one attached hydrogen (secondary N) is 1. The van der Waals surface area contributed by atoms with Gasteiger partial charge in [-0.2, -0.15) is 0 Å². The minimum atomic E-state index is -0.964. The highest BCUT2D eigenvalue weighted by molar-refractivity contribution is 5.87. The molecule has 0 aromatic rings. The molecule has 19 heavy (non-hydrogen) atoms. The van der Waals surface area contributed by atoms with Crippen LogP contribution in [0.4, 0.5) is 0 Å². The molecule has 4 heteroatoms. The van der Waals surface area contributed by atoms with Gasteiger partial charge in [0.05, 0.1) is 0 Å². The Labute approximate surface area is 113 Å². The van der Waals surface area contributed by atoms with E-state index in [1.165, 1.54) is 25.7 Å². The van der Waals surface area contributed by atoms with E-state index in [2.05, 4.69) is 5.32 Å². The summed E-state index contributed by atoms with van der Waals surface area (Å²) >= 11 is 0. The van der Waals surface area contributed by atoms with Crippen molar-refractivity contribution < 1.29 is 14.7 Å². The van der Waals surface area contributed by atoms with E-state index >= 15 is 0 Å². The molecule has 3 aliphatic rings. The van der Waals surface area contributed by atoms with Gasteiger partial charge < -0.3 is 10.4 Å². The van der Waals surface area contributed by atoms with Gasteiger partial charge in [0, 0.05) is 6.42 Å². The Bertz CT molecular complexity index is 387. The number of aliphatic carboxylic acids is 1. The number of carbonyl (C=O) groups excluding carboxylic acids is 1. The molecule has 3 unspecified atom stereocenters. The summed E-state index contributed by atoms with van der Waals surface area (Å²) in [4.78, 5) is 23.6. The van der Waals surface area contributed by atoms with Gasteiger partial charge in [0.2, 0.25) is 5.91 Å². The number of carboxylic acid groups (broad SMARTS) is 1. The smallest absolute Gasteiger partial charge is 0.329 e. The van der Waals surface area contributed by atoms with E-state index < -0.39 is 11.5 Å². The van der Waals surface area contributed by atoms with Gasteiger partial charge >= 0.3 is 5.97 Å². The second-order valence-corrected chi connectivity index (χ2v) is 6.78. The fourth-order valence-electron chi connectivity index (χ4n) is 4.55. The number of rotatable bonds is 4. The van der Waals surface area contributed by atoms with Gasteiger partial charge in [-0.1, -0.05) is 19.3 Å². The predicted molar refractivity (Wildman–Crippen MR) is 70.5 cm³/mol. The minimum Gasteiger partial charge on any atom is -0.480 e. The molecule has 0 aliphatic heterocycles. The van der Waals surface area contributed by atoms with Crippen molar-refractivity contribution in [3.63, 3.8) is 0 Å². The number of carboxylic acids is 1. The quantitative estimate of drug-likeness (QED) is 0.819. The van der Waals surface area contributed by atoms with Crippen LogP contribution in [0.3, 0.4) is 0 Å². The summed E-state index contributed by atoms with van der Waals surface area (Å²) in [5.74, 6) is 1.17. The van der Waals surface area contributed by atoms with Gasteiger partial charge in [0.15, 0.2) is 0 Å². The first kappa shape index (κ1) is 12.9. The van der Waals surface area contributed by atoms with E-state index in [0.29, 0.717) is 25.2 Å². The summed E-state index contributed by atoms with van der Waals surface area (Å²) in [6.45, 7) is 0. The van der Waals surface area contributed by atoms with E-state index in [1.807, 2.05) is 0 Å². The molecule has 3 atom stereocenters. The summed E-state index contributed by atoms with van der Waals surface area (Å²) in [6, 6.07) is 0. The molecule has 0 radical (unpaired) electrons. The fraction of sp³-hybridized carbons (Fsp3) is 0.867. The van der Waals surface area contributed by atoms with E-state index in [1.54, 1.807) is 0 Å². The lowest BCUT2D eigenvalue weighted by Gasteiger charge is -2.27. The molecule has 0 aromatic carbocycles. The van der Waals surface area contributed by atoms with Crippen molar-refractivity contribution in [3.8, 4) is 0 Å². The standard InChI is InChI=1S/C15H23NO3/c17-13(9-12-8-10-3-4-11(12)7-10)16-15(14(18)19)5-1-2-6-15/h10-12H,1-9H2,(H,16,17)(H,18,19). The lowest BCUT2D eigenvalue weighted by molar-refractivity contribution is -0.147. The van der Waals surface area contributed by atoms with Crippen LogP contribution in [-0.4, -0.2) is 22.5 Å². The molecule has 0 aromatic heterocycles. The average molecular weight is 265 g/mol. The SMILES string of the molecule is O=C(CC1CC2CCC1C2)NC1(C(=O)O)CCCC1. The number of hydrogen-bond acceptors (Lipinski definition) is 2. The zero-order valence-electron chi connectivity index (χ0n) is 11.4. The lowest BCUT2D eigenvalue weighted by atomic mass is 9.86. The van der Waals surface area contributed by atoms with Crippen LogP contribution in [0, 0.1) is 17.8 Å². The molecule has 106 valence electrons. The van der Waals surface area contributed by atoms with Crippen LogP contribution in [0.25, 0.3) is 0 Å². The second-order valence-electron chi connectivity index (χ2n) is 6.78. The molecule has 1 amide bonds. The maximum atomic E-state index is 12.2. The van der Waals surface area contributed by atoms with Crippen molar-refractivity contribution in [1.29, 1.82) is 0 Å². The summed E-state index contributed by atoms with van der Waals surface area (Å²) in [5, 5.41) is 12.2. The molecule has 2 bridgehead atoms. The summed E-state index contributed by atoms with van der Waals surface area (Å²) in [6.07, 6.45) is 8.60. The summed E-state index contributed by atoms with van der Waals surface area (Å²) in [7, 11) is 0. The van der Waals surface area contributed by atoms with E-state index in [9.17, 15) is 14.7 Å². The predicted octanol–water partition coefficient (Wildman–Crippen LogP) is 2.33. The van der Waals surface area contributed by atoms with E-state index in [-0.39, 0.29) is 5.91 Å². The maximum absolute atomic E-state index is 12.2. The van der Waals surface area contributed by atoms with Crippen LogP contribution >= 0.6 is 0 Å². The average Bonchev–Trinajstić information content (AvgIpc) is 3.04. The highest BCUT2D eigenvalue weighted by Crippen LogP contribution is 2.49. The third-order valence-electron chi connectivity index (χ3n) is 5.58. The highest BCUT2D eigenvalue weighted by Gasteiger charge is 2.44. The summed E-state index contributed by atoms with van der Waals surface area (Å²) < 4.78 is 0. The molecular weight excluding hydrogens is 242 g/mol. The molecule has 4 nitrogen and oxygen atoms in total. The maximum Gasteiger partial charge on any atom is 0.329 e. The Morgan fingerprint density at radius 2 is 1.89 bits per heavy atom. The van der Waals surface area contributed by atoms with Crippen molar-refractivity contribution in [3.05, 3.63) is 0 Å². The topological polar surface area (TPSA) is 66.4 Å². The van der Waals surface area contributed by atoms with Crippen LogP contribution in [0.15, 0.2) is 0 Å². The number of carbonyl (C=O) groups is 2. The van der Waals surface area contributed by atoms with Gasteiger partial charge in [-0.25, -0.2) is 4.79 Å². The normalized spacial score (nSPS) is 35.5. The van der Waals surface area contributed by atoms with Crippen molar-refractivity contribution >= 4 is 11.9 Å². The zero-order valence-corrected chi connectivity index (χ0v) is 11.4. The first-order chi connectivity index (χ1) is 9.09. The molecule has 0 spiro atoms. The molecule has 3 rings (SSSR count). The fourth-order valence-corrected chi connectivity index (χ4v) is 4.55. The largest absolute Gasteiger partial charge is 0.480 e. The van der Waals surface area contributed by atoms with Gasteiger partial charge in [0.25, 0.3) is 0 Å². The van der Waals surface area contributed by atoms with Gasteiger partial charge in [-0.15, -0.1) is 0 Å². The van der Waals surface area contributed by atoms with Crippen LogP contribution in [0.2, 0.25) is 0 Å². The highest BCUT2D eigenvalue weighted by atomic mass is 16.4. The van der Waals surface area contributed by atoms with Gasteiger partial charge in [-0.05, 0) is 49.9 Å². The van der Waals surface area contributed by atoms with E-state index in [0.717, 1.165) is 24.7 Å². The lowest BCUT2D eigenvalue weighted by Crippen LogP contribution is -2.52. The Hall–Kier alpha value is -1.06. The minimum absolute atomic E-state index is 0.0400. The zero-order chi connectivity index (χ0) is 13.5. The Morgan fingerprint density at radius 3 is 2.42 bits per heavy atom. The first-order valence-corrected chi connectivity index (χ1v) is 7.63. The first-order valence-electron chi connectivity index (χ1n) is 7.63. The van der Waals surface area contributed by atoms with Crippen LogP contribution in [0.5, 0.6) is 0 Å². The van der Waals surface area contributed by atoms with Gasteiger partial charge in [0.1, 0.15) is 5.54 Å². The third kappa shape index (κ3) is 2.37. The number of hydrogen-bond donors (Lipinski definition) is 2. The van der Waals surface area contributed by atoms with Crippen LogP contribution in [-0.2, 0) is 9.59 Å². The van der Waals surface area contributed by atoms with Crippen molar-refractivity contribution in [1.82, 2.24) is 5.32 Å². The van der Waals surface area contributed by atoms with Crippen molar-refractivity contribution in [2.75, 3.05) is 0 Å². The molecule has 3 aliphatic carbocycles. The molecule has 0 heterocycles. The number of amides is 1. The molecular formula is C15H23NO3. The van der Waals surface area contributed by atoms with Crippen LogP contribution < -0.4 is 5.32 Å². The summed E-state index contributed by atoms with van der Waals surface area (Å²) in [5.41, 5.74) is -0.964. The Kier molecular flexibility index (Phi) is 3.27. The molecule has 2 N–H and O–H groups in total. The molecule has 3 fully saturated rings. The van der Waals surface area contributed by atoms with Crippen LogP contribution in [0.1, 0.15) is 57.8 Å². The monoisotopic (exact) mass is 265 g/mol. The second kappa shape index (κ2) is 4.80. The number of fused-ring (bicyclic) bond motifs is 2.